The lowest BCUT2D eigenvalue weighted by Gasteiger charge is -2.17. The molecule has 0 saturated carbocycles. The predicted molar refractivity (Wildman–Crippen MR) is 74.8 cm³/mol. The Bertz CT molecular complexity index is 706. The molecule has 2 rings (SSSR count). The number of nitriles is 1. The van der Waals surface area contributed by atoms with Gasteiger partial charge in [0.2, 0.25) is 10.0 Å². The van der Waals surface area contributed by atoms with Gasteiger partial charge in [-0.2, -0.15) is 9.57 Å². The minimum atomic E-state index is -3.70. The van der Waals surface area contributed by atoms with Gasteiger partial charge in [0.25, 0.3) is 0 Å². The minimum Gasteiger partial charge on any atom is -0.469 e. The number of hydrogen-bond donors (Lipinski definition) is 0. The van der Waals surface area contributed by atoms with E-state index in [0.717, 1.165) is 0 Å². The summed E-state index contributed by atoms with van der Waals surface area (Å²) < 4.78 is 31.2. The van der Waals surface area contributed by atoms with Crippen molar-refractivity contribution in [3.05, 3.63) is 29.3 Å². The van der Waals surface area contributed by atoms with Crippen LogP contribution in [-0.2, 0) is 19.6 Å². The average molecular weight is 308 g/mol. The third-order valence-corrected chi connectivity index (χ3v) is 5.63. The van der Waals surface area contributed by atoms with E-state index in [1.165, 1.54) is 17.5 Å². The first kappa shape index (κ1) is 15.5. The number of carbonyl (C=O) groups is 1. The summed E-state index contributed by atoms with van der Waals surface area (Å²) in [4.78, 5) is 11.6. The highest BCUT2D eigenvalue weighted by Crippen LogP contribution is 2.27. The average Bonchev–Trinajstić information content (AvgIpc) is 2.97. The number of carbonyl (C=O) groups excluding carboxylic acids is 1. The molecule has 1 saturated heterocycles. The Kier molecular flexibility index (Phi) is 4.30. The summed E-state index contributed by atoms with van der Waals surface area (Å²) in [6.07, 6.45) is 0.447. The summed E-state index contributed by atoms with van der Waals surface area (Å²) in [7, 11) is -2.41. The second-order valence-electron chi connectivity index (χ2n) is 4.96. The van der Waals surface area contributed by atoms with E-state index in [1.54, 1.807) is 19.1 Å². The van der Waals surface area contributed by atoms with Crippen LogP contribution in [0.4, 0.5) is 0 Å². The van der Waals surface area contributed by atoms with Crippen LogP contribution in [-0.4, -0.2) is 38.9 Å². The maximum absolute atomic E-state index is 12.6. The van der Waals surface area contributed by atoms with Crippen LogP contribution in [0, 0.1) is 24.2 Å². The first-order valence-electron chi connectivity index (χ1n) is 6.49. The molecule has 0 amide bonds. The zero-order valence-electron chi connectivity index (χ0n) is 11.9. The Balaban J connectivity index is 2.32. The Morgan fingerprint density at radius 3 is 2.81 bits per heavy atom. The molecule has 0 aromatic heterocycles. The normalized spacial score (nSPS) is 19.2. The Hall–Kier alpha value is -1.91. The molecule has 112 valence electrons. The fraction of sp³-hybridized carbons (Fsp3) is 0.429. The molecule has 0 bridgehead atoms. The van der Waals surface area contributed by atoms with E-state index in [1.807, 2.05) is 6.07 Å². The van der Waals surface area contributed by atoms with Gasteiger partial charge < -0.3 is 4.74 Å². The van der Waals surface area contributed by atoms with Gasteiger partial charge in [0.15, 0.2) is 0 Å². The zero-order chi connectivity index (χ0) is 15.6. The van der Waals surface area contributed by atoms with Gasteiger partial charge in [-0.1, -0.05) is 6.07 Å². The SMILES string of the molecule is COC(=O)C1CCN(S(=O)(=O)c2cc(C#N)ccc2C)C1. The smallest absolute Gasteiger partial charge is 0.310 e. The highest BCUT2D eigenvalue weighted by atomic mass is 32.2. The Morgan fingerprint density at radius 1 is 1.48 bits per heavy atom. The van der Waals surface area contributed by atoms with Gasteiger partial charge in [0.1, 0.15) is 0 Å². The van der Waals surface area contributed by atoms with Gasteiger partial charge in [-0.15, -0.1) is 0 Å². The number of hydrogen-bond acceptors (Lipinski definition) is 5. The number of rotatable bonds is 3. The highest BCUT2D eigenvalue weighted by Gasteiger charge is 2.37. The molecule has 0 radical (unpaired) electrons. The molecule has 0 aliphatic carbocycles. The number of aryl methyl sites for hydroxylation is 1. The maximum atomic E-state index is 12.6. The molecule has 7 heteroatoms. The summed E-state index contributed by atoms with van der Waals surface area (Å²) in [5.41, 5.74) is 0.874. The van der Waals surface area contributed by atoms with E-state index in [0.29, 0.717) is 17.5 Å². The van der Waals surface area contributed by atoms with Crippen molar-refractivity contribution in [1.29, 1.82) is 5.26 Å². The molecule has 6 nitrogen and oxygen atoms in total. The third kappa shape index (κ3) is 2.91. The topological polar surface area (TPSA) is 87.5 Å². The van der Waals surface area contributed by atoms with Crippen LogP contribution >= 0.6 is 0 Å². The molecular weight excluding hydrogens is 292 g/mol. The second-order valence-corrected chi connectivity index (χ2v) is 6.87. The van der Waals surface area contributed by atoms with Crippen LogP contribution < -0.4 is 0 Å². The fourth-order valence-electron chi connectivity index (χ4n) is 2.39. The molecule has 1 atom stereocenters. The van der Waals surface area contributed by atoms with Gasteiger partial charge in [-0.3, -0.25) is 4.79 Å². The van der Waals surface area contributed by atoms with E-state index in [2.05, 4.69) is 4.74 Å². The van der Waals surface area contributed by atoms with Crippen molar-refractivity contribution in [2.24, 2.45) is 5.92 Å². The monoisotopic (exact) mass is 308 g/mol. The predicted octanol–water partition coefficient (Wildman–Crippen LogP) is 1.05. The van der Waals surface area contributed by atoms with E-state index in [9.17, 15) is 13.2 Å². The van der Waals surface area contributed by atoms with E-state index in [4.69, 9.17) is 5.26 Å². The number of benzene rings is 1. The molecule has 1 heterocycles. The zero-order valence-corrected chi connectivity index (χ0v) is 12.7. The number of esters is 1. The van der Waals surface area contributed by atoms with E-state index in [-0.39, 0.29) is 18.0 Å². The quantitative estimate of drug-likeness (QED) is 0.779. The van der Waals surface area contributed by atoms with Crippen molar-refractivity contribution < 1.29 is 17.9 Å². The molecule has 0 spiro atoms. The van der Waals surface area contributed by atoms with Crippen molar-refractivity contribution >= 4 is 16.0 Å². The number of methoxy groups -OCH3 is 1. The van der Waals surface area contributed by atoms with Crippen LogP contribution in [0.25, 0.3) is 0 Å². The fourth-order valence-corrected chi connectivity index (χ4v) is 4.14. The van der Waals surface area contributed by atoms with Crippen LogP contribution in [0.2, 0.25) is 0 Å². The molecule has 1 aromatic rings. The van der Waals surface area contributed by atoms with Gasteiger partial charge in [0.05, 0.1) is 29.6 Å². The van der Waals surface area contributed by atoms with Crippen molar-refractivity contribution in [2.45, 2.75) is 18.2 Å². The van der Waals surface area contributed by atoms with Gasteiger partial charge in [0, 0.05) is 13.1 Å². The van der Waals surface area contributed by atoms with Gasteiger partial charge in [-0.05, 0) is 31.0 Å². The van der Waals surface area contributed by atoms with Crippen LogP contribution in [0.1, 0.15) is 17.5 Å². The summed E-state index contributed by atoms with van der Waals surface area (Å²) in [6, 6.07) is 6.50. The van der Waals surface area contributed by atoms with Gasteiger partial charge in [-0.25, -0.2) is 8.42 Å². The molecule has 1 aromatic carbocycles. The first-order chi connectivity index (χ1) is 9.90. The lowest BCUT2D eigenvalue weighted by Crippen LogP contribution is -2.30. The highest BCUT2D eigenvalue weighted by molar-refractivity contribution is 7.89. The van der Waals surface area contributed by atoms with E-state index >= 15 is 0 Å². The Morgan fingerprint density at radius 2 is 2.19 bits per heavy atom. The standard InChI is InChI=1S/C14H16N2O4S/c1-10-3-4-11(8-15)7-13(10)21(18,19)16-6-5-12(9-16)14(17)20-2/h3-4,7,12H,5-6,9H2,1-2H3. The second kappa shape index (κ2) is 5.84. The Labute approximate surface area is 124 Å². The summed E-state index contributed by atoms with van der Waals surface area (Å²) in [5.74, 6) is -0.820. The van der Waals surface area contributed by atoms with Crippen molar-refractivity contribution in [3.63, 3.8) is 0 Å². The van der Waals surface area contributed by atoms with Gasteiger partial charge >= 0.3 is 5.97 Å². The molecule has 0 N–H and O–H groups in total. The summed E-state index contributed by atoms with van der Waals surface area (Å²) in [6.45, 7) is 2.07. The van der Waals surface area contributed by atoms with E-state index < -0.39 is 21.9 Å². The summed E-state index contributed by atoms with van der Waals surface area (Å²) in [5, 5.41) is 8.91. The number of sulfonamides is 1. The van der Waals surface area contributed by atoms with Crippen LogP contribution in [0.5, 0.6) is 0 Å². The minimum absolute atomic E-state index is 0.116. The van der Waals surface area contributed by atoms with Crippen molar-refractivity contribution in [2.75, 3.05) is 20.2 Å². The first-order valence-corrected chi connectivity index (χ1v) is 7.93. The van der Waals surface area contributed by atoms with Crippen LogP contribution in [0.3, 0.4) is 0 Å². The number of nitrogens with zero attached hydrogens (tertiary/aromatic N) is 2. The van der Waals surface area contributed by atoms with Crippen LogP contribution in [0.15, 0.2) is 23.1 Å². The summed E-state index contributed by atoms with van der Waals surface area (Å²) >= 11 is 0. The number of ether oxygens (including phenoxy) is 1. The van der Waals surface area contributed by atoms with Crippen molar-refractivity contribution in [3.8, 4) is 6.07 Å². The molecule has 1 aliphatic heterocycles. The largest absolute Gasteiger partial charge is 0.469 e. The lowest BCUT2D eigenvalue weighted by atomic mass is 10.1. The molecule has 1 fully saturated rings. The maximum Gasteiger partial charge on any atom is 0.310 e. The van der Waals surface area contributed by atoms with Crippen molar-refractivity contribution in [1.82, 2.24) is 4.31 Å². The molecular formula is C14H16N2O4S. The molecule has 1 unspecified atom stereocenters. The third-order valence-electron chi connectivity index (χ3n) is 3.62. The lowest BCUT2D eigenvalue weighted by molar-refractivity contribution is -0.144. The molecule has 21 heavy (non-hydrogen) atoms. The molecule has 1 aliphatic rings.